The Kier molecular flexibility index (Phi) is 6.16. The molecule has 6 nitrogen and oxygen atoms in total. The van der Waals surface area contributed by atoms with E-state index in [-0.39, 0.29) is 24.4 Å². The highest BCUT2D eigenvalue weighted by Gasteiger charge is 2.20. The lowest BCUT2D eigenvalue weighted by molar-refractivity contribution is -0.119. The molecule has 7 heteroatoms. The third kappa shape index (κ3) is 4.50. The molecule has 0 bridgehead atoms. The summed E-state index contributed by atoms with van der Waals surface area (Å²) in [5, 5.41) is 0. The fraction of sp³-hybridized carbons (Fsp3) is 0.263. The molecular weight excluding hydrogens is 339 g/mol. The van der Waals surface area contributed by atoms with Crippen molar-refractivity contribution in [3.05, 3.63) is 59.4 Å². The number of amides is 2. The fourth-order valence-corrected chi connectivity index (χ4v) is 2.41. The number of primary amides is 1. The second-order valence-electron chi connectivity index (χ2n) is 5.76. The number of benzene rings is 2. The summed E-state index contributed by atoms with van der Waals surface area (Å²) in [6, 6.07) is 10.4. The van der Waals surface area contributed by atoms with E-state index in [1.54, 1.807) is 36.2 Å². The quantitative estimate of drug-likeness (QED) is 0.823. The molecule has 2 aromatic carbocycles. The number of carbonyl (C=O) groups is 2. The van der Waals surface area contributed by atoms with E-state index in [9.17, 15) is 14.0 Å². The Morgan fingerprint density at radius 2 is 1.81 bits per heavy atom. The number of rotatable bonds is 7. The van der Waals surface area contributed by atoms with Crippen molar-refractivity contribution in [3.63, 3.8) is 0 Å². The van der Waals surface area contributed by atoms with Crippen LogP contribution in [0.2, 0.25) is 0 Å². The molecule has 26 heavy (non-hydrogen) atoms. The van der Waals surface area contributed by atoms with Crippen LogP contribution in [0.1, 0.15) is 28.9 Å². The molecule has 2 rings (SSSR count). The van der Waals surface area contributed by atoms with Crippen molar-refractivity contribution < 1.29 is 23.5 Å². The number of carbonyl (C=O) groups excluding carboxylic acids is 2. The van der Waals surface area contributed by atoms with Gasteiger partial charge in [0.25, 0.3) is 11.8 Å². The number of nitrogens with zero attached hydrogens (tertiary/aromatic N) is 1. The second kappa shape index (κ2) is 8.33. The van der Waals surface area contributed by atoms with Crippen LogP contribution < -0.4 is 15.2 Å². The van der Waals surface area contributed by atoms with E-state index in [1.807, 2.05) is 6.92 Å². The molecule has 138 valence electrons. The van der Waals surface area contributed by atoms with Crippen molar-refractivity contribution in [2.45, 2.75) is 13.0 Å². The lowest BCUT2D eigenvalue weighted by atomic mass is 10.1. The zero-order valence-electron chi connectivity index (χ0n) is 14.9. The van der Waals surface area contributed by atoms with Crippen LogP contribution in [0, 0.1) is 5.82 Å². The van der Waals surface area contributed by atoms with Crippen LogP contribution in [0.4, 0.5) is 4.39 Å². The molecule has 0 radical (unpaired) electrons. The predicted molar refractivity (Wildman–Crippen MR) is 94.6 cm³/mol. The summed E-state index contributed by atoms with van der Waals surface area (Å²) in [6.07, 6.45) is 0. The zero-order chi connectivity index (χ0) is 19.3. The normalized spacial score (nSPS) is 11.5. The lowest BCUT2D eigenvalue weighted by Crippen LogP contribution is -2.29. The average Bonchev–Trinajstić information content (AvgIpc) is 2.65. The van der Waals surface area contributed by atoms with Gasteiger partial charge in [-0.3, -0.25) is 9.59 Å². The van der Waals surface area contributed by atoms with Crippen molar-refractivity contribution in [3.8, 4) is 11.5 Å². The highest BCUT2D eigenvalue weighted by atomic mass is 19.1. The first kappa shape index (κ1) is 19.2. The van der Waals surface area contributed by atoms with Crippen LogP contribution >= 0.6 is 0 Å². The maximum absolute atomic E-state index is 13.1. The molecule has 2 aromatic rings. The minimum atomic E-state index is -0.611. The Labute approximate surface area is 151 Å². The van der Waals surface area contributed by atoms with Gasteiger partial charge in [-0.1, -0.05) is 12.1 Å². The monoisotopic (exact) mass is 360 g/mol. The molecule has 0 aromatic heterocycles. The minimum Gasteiger partial charge on any atom is -0.493 e. The third-order valence-corrected chi connectivity index (χ3v) is 4.03. The minimum absolute atomic E-state index is 0.235. The molecule has 0 fully saturated rings. The Morgan fingerprint density at radius 3 is 2.38 bits per heavy atom. The third-order valence-electron chi connectivity index (χ3n) is 4.03. The average molecular weight is 360 g/mol. The maximum atomic E-state index is 13.1. The number of methoxy groups -OCH3 is 1. The van der Waals surface area contributed by atoms with E-state index >= 15 is 0 Å². The maximum Gasteiger partial charge on any atom is 0.255 e. The van der Waals surface area contributed by atoms with E-state index in [4.69, 9.17) is 15.2 Å². The van der Waals surface area contributed by atoms with Crippen molar-refractivity contribution in [2.75, 3.05) is 20.8 Å². The number of hydrogen-bond acceptors (Lipinski definition) is 4. The van der Waals surface area contributed by atoms with Gasteiger partial charge in [0.1, 0.15) is 5.82 Å². The highest BCUT2D eigenvalue weighted by molar-refractivity contribution is 5.95. The van der Waals surface area contributed by atoms with E-state index in [0.29, 0.717) is 17.1 Å². The standard InChI is InChI=1S/C19H21FN2O4/c1-12(13-4-7-15(20)8-5-13)22(2)19(24)14-6-9-16(17(10-14)25-3)26-11-18(21)23/h4-10,12H,11H2,1-3H3,(H2,21,23)/t12-/m0/s1. The molecule has 0 aliphatic heterocycles. The van der Waals surface area contributed by atoms with Crippen LogP contribution in [0.15, 0.2) is 42.5 Å². The zero-order valence-corrected chi connectivity index (χ0v) is 14.9. The molecule has 1 atom stereocenters. The summed E-state index contributed by atoms with van der Waals surface area (Å²) in [5.41, 5.74) is 6.27. The van der Waals surface area contributed by atoms with Gasteiger partial charge in [0.2, 0.25) is 0 Å². The number of halogens is 1. The van der Waals surface area contributed by atoms with Gasteiger partial charge >= 0.3 is 0 Å². The van der Waals surface area contributed by atoms with Crippen molar-refractivity contribution >= 4 is 11.8 Å². The van der Waals surface area contributed by atoms with E-state index in [0.717, 1.165) is 5.56 Å². The van der Waals surface area contributed by atoms with Gasteiger partial charge < -0.3 is 20.1 Å². The lowest BCUT2D eigenvalue weighted by Gasteiger charge is -2.25. The van der Waals surface area contributed by atoms with Crippen LogP contribution in [0.25, 0.3) is 0 Å². The van der Waals surface area contributed by atoms with E-state index < -0.39 is 5.91 Å². The van der Waals surface area contributed by atoms with Gasteiger partial charge in [0, 0.05) is 12.6 Å². The molecule has 2 N–H and O–H groups in total. The van der Waals surface area contributed by atoms with Crippen molar-refractivity contribution in [1.29, 1.82) is 0 Å². The van der Waals surface area contributed by atoms with Gasteiger partial charge in [0.05, 0.1) is 13.2 Å². The SMILES string of the molecule is COc1cc(C(=O)N(C)[C@@H](C)c2ccc(F)cc2)ccc1OCC(N)=O. The number of nitrogens with two attached hydrogens (primary N) is 1. The molecule has 0 heterocycles. The Morgan fingerprint density at radius 1 is 1.15 bits per heavy atom. The molecule has 0 unspecified atom stereocenters. The highest BCUT2D eigenvalue weighted by Crippen LogP contribution is 2.29. The predicted octanol–water partition coefficient (Wildman–Crippen LogP) is 2.53. The van der Waals surface area contributed by atoms with Gasteiger partial charge in [-0.05, 0) is 42.8 Å². The fourth-order valence-electron chi connectivity index (χ4n) is 2.41. The van der Waals surface area contributed by atoms with E-state index in [1.165, 1.54) is 25.3 Å². The molecule has 0 aliphatic carbocycles. The largest absolute Gasteiger partial charge is 0.493 e. The van der Waals surface area contributed by atoms with Crippen molar-refractivity contribution in [1.82, 2.24) is 4.90 Å². The number of ether oxygens (including phenoxy) is 2. The topological polar surface area (TPSA) is 81.9 Å². The number of hydrogen-bond donors (Lipinski definition) is 1. The van der Waals surface area contributed by atoms with E-state index in [2.05, 4.69) is 0 Å². The van der Waals surface area contributed by atoms with Crippen LogP contribution in [0.3, 0.4) is 0 Å². The Bertz CT molecular complexity index is 793. The summed E-state index contributed by atoms with van der Waals surface area (Å²) in [4.78, 5) is 25.1. The van der Waals surface area contributed by atoms with Crippen LogP contribution in [0.5, 0.6) is 11.5 Å². The molecular formula is C19H21FN2O4. The van der Waals surface area contributed by atoms with Crippen LogP contribution in [-0.2, 0) is 4.79 Å². The first-order chi connectivity index (χ1) is 12.3. The summed E-state index contributed by atoms with van der Waals surface area (Å²) >= 11 is 0. The van der Waals surface area contributed by atoms with Crippen LogP contribution in [-0.4, -0.2) is 37.5 Å². The first-order valence-electron chi connectivity index (χ1n) is 7.95. The summed E-state index contributed by atoms with van der Waals surface area (Å²) < 4.78 is 23.5. The molecule has 0 spiro atoms. The summed E-state index contributed by atoms with van der Waals surface area (Å²) in [6.45, 7) is 1.57. The first-order valence-corrected chi connectivity index (χ1v) is 7.95. The van der Waals surface area contributed by atoms with Gasteiger partial charge in [0.15, 0.2) is 18.1 Å². The molecule has 0 saturated heterocycles. The Balaban J connectivity index is 2.19. The second-order valence-corrected chi connectivity index (χ2v) is 5.76. The molecule has 2 amide bonds. The molecule has 0 aliphatic rings. The van der Waals surface area contributed by atoms with Gasteiger partial charge in [-0.2, -0.15) is 0 Å². The van der Waals surface area contributed by atoms with Gasteiger partial charge in [-0.15, -0.1) is 0 Å². The van der Waals surface area contributed by atoms with Crippen molar-refractivity contribution in [2.24, 2.45) is 5.73 Å². The summed E-state index contributed by atoms with van der Waals surface area (Å²) in [7, 11) is 3.10. The smallest absolute Gasteiger partial charge is 0.255 e. The summed E-state index contributed by atoms with van der Waals surface area (Å²) in [5.74, 6) is -0.537. The molecule has 0 saturated carbocycles. The van der Waals surface area contributed by atoms with Gasteiger partial charge in [-0.25, -0.2) is 4.39 Å². The Hall–Kier alpha value is -3.09.